The van der Waals surface area contributed by atoms with Crippen LogP contribution in [0.3, 0.4) is 0 Å². The Labute approximate surface area is 133 Å². The molecule has 0 amide bonds. The van der Waals surface area contributed by atoms with Gasteiger partial charge in [0.1, 0.15) is 4.90 Å². The van der Waals surface area contributed by atoms with E-state index in [1.807, 2.05) is 31.2 Å². The number of halogens is 1. The van der Waals surface area contributed by atoms with Crippen molar-refractivity contribution in [3.63, 3.8) is 0 Å². The van der Waals surface area contributed by atoms with Gasteiger partial charge in [-0.3, -0.25) is 0 Å². The van der Waals surface area contributed by atoms with E-state index in [1.54, 1.807) is 31.3 Å². The highest BCUT2D eigenvalue weighted by atomic mass is 79.9. The Morgan fingerprint density at radius 3 is 2.48 bits per heavy atom. The van der Waals surface area contributed by atoms with Gasteiger partial charge in [-0.15, -0.1) is 0 Å². The quantitative estimate of drug-likeness (QED) is 0.848. The summed E-state index contributed by atoms with van der Waals surface area (Å²) in [4.78, 5) is 0.245. The summed E-state index contributed by atoms with van der Waals surface area (Å²) in [5, 5.41) is 2.90. The molecule has 2 rings (SSSR count). The third kappa shape index (κ3) is 3.84. The van der Waals surface area contributed by atoms with E-state index < -0.39 is 10.0 Å². The lowest BCUT2D eigenvalue weighted by Crippen LogP contribution is -2.27. The average molecular weight is 369 g/mol. The van der Waals surface area contributed by atoms with Gasteiger partial charge in [0.05, 0.1) is 5.69 Å². The smallest absolute Gasteiger partial charge is 0.243 e. The number of hydrogen-bond donors (Lipinski definition) is 2. The van der Waals surface area contributed by atoms with Crippen LogP contribution in [-0.4, -0.2) is 15.5 Å². The van der Waals surface area contributed by atoms with Crippen LogP contribution in [0.1, 0.15) is 18.5 Å². The molecule has 0 spiro atoms. The summed E-state index contributed by atoms with van der Waals surface area (Å²) in [6.07, 6.45) is 0. The topological polar surface area (TPSA) is 58.2 Å². The molecule has 1 atom stereocenters. The molecular formula is C15H17BrN2O2S. The summed E-state index contributed by atoms with van der Waals surface area (Å²) >= 11 is 3.39. The molecule has 0 bridgehead atoms. The second-order valence-corrected chi connectivity index (χ2v) is 7.24. The molecule has 0 radical (unpaired) electrons. The van der Waals surface area contributed by atoms with Gasteiger partial charge in [-0.1, -0.05) is 40.2 Å². The average Bonchev–Trinajstić information content (AvgIpc) is 2.46. The van der Waals surface area contributed by atoms with Crippen molar-refractivity contribution in [3.05, 3.63) is 58.6 Å². The van der Waals surface area contributed by atoms with E-state index >= 15 is 0 Å². The molecule has 0 saturated heterocycles. The van der Waals surface area contributed by atoms with Crippen molar-refractivity contribution in [1.29, 1.82) is 0 Å². The summed E-state index contributed by atoms with van der Waals surface area (Å²) in [6.45, 7) is 1.82. The molecule has 21 heavy (non-hydrogen) atoms. The van der Waals surface area contributed by atoms with Crippen molar-refractivity contribution >= 4 is 31.6 Å². The van der Waals surface area contributed by atoms with Crippen molar-refractivity contribution in [1.82, 2.24) is 4.72 Å². The molecule has 112 valence electrons. The number of hydrogen-bond acceptors (Lipinski definition) is 3. The number of nitrogens with one attached hydrogen (secondary N) is 2. The minimum absolute atomic E-state index is 0.245. The Kier molecular flexibility index (Phi) is 5.03. The van der Waals surface area contributed by atoms with Crippen molar-refractivity contribution in [2.45, 2.75) is 17.9 Å². The lowest BCUT2D eigenvalue weighted by Gasteiger charge is -2.16. The van der Waals surface area contributed by atoms with Crippen LogP contribution in [0.25, 0.3) is 0 Å². The first-order valence-electron chi connectivity index (χ1n) is 6.48. The van der Waals surface area contributed by atoms with Crippen molar-refractivity contribution in [2.24, 2.45) is 0 Å². The van der Waals surface area contributed by atoms with Crippen LogP contribution in [0.4, 0.5) is 5.69 Å². The van der Waals surface area contributed by atoms with E-state index in [0.29, 0.717) is 5.69 Å². The highest BCUT2D eigenvalue weighted by Crippen LogP contribution is 2.24. The molecule has 2 aromatic rings. The van der Waals surface area contributed by atoms with E-state index in [-0.39, 0.29) is 10.9 Å². The first-order valence-corrected chi connectivity index (χ1v) is 8.76. The van der Waals surface area contributed by atoms with Crippen LogP contribution in [0.2, 0.25) is 0 Å². The second-order valence-electron chi connectivity index (χ2n) is 4.64. The van der Waals surface area contributed by atoms with Gasteiger partial charge in [0.25, 0.3) is 0 Å². The van der Waals surface area contributed by atoms with Crippen LogP contribution in [0, 0.1) is 0 Å². The van der Waals surface area contributed by atoms with E-state index in [0.717, 1.165) is 10.0 Å². The number of rotatable bonds is 5. The predicted octanol–water partition coefficient (Wildman–Crippen LogP) is 3.53. The second kappa shape index (κ2) is 6.60. The fourth-order valence-electron chi connectivity index (χ4n) is 2.05. The highest BCUT2D eigenvalue weighted by Gasteiger charge is 2.21. The molecule has 0 aliphatic carbocycles. The first-order chi connectivity index (χ1) is 9.94. The summed E-state index contributed by atoms with van der Waals surface area (Å²) in [5.74, 6) is 0. The normalized spacial score (nSPS) is 12.9. The molecule has 2 N–H and O–H groups in total. The maximum atomic E-state index is 12.5. The van der Waals surface area contributed by atoms with Gasteiger partial charge >= 0.3 is 0 Å². The summed E-state index contributed by atoms with van der Waals surface area (Å²) in [7, 11) is -1.89. The largest absolute Gasteiger partial charge is 0.387 e. The number of para-hydroxylation sites is 1. The monoisotopic (exact) mass is 368 g/mol. The standard InChI is InChI=1S/C15H17BrN2O2S/c1-11(12-6-5-7-13(16)10-12)18-21(19,20)15-9-4-3-8-14(15)17-2/h3-11,17-18H,1-2H3. The van der Waals surface area contributed by atoms with Gasteiger partial charge in [0.2, 0.25) is 10.0 Å². The Balaban J connectivity index is 2.29. The Hall–Kier alpha value is -1.37. The Bertz CT molecular complexity index is 732. The van der Waals surface area contributed by atoms with Gasteiger partial charge in [-0.2, -0.15) is 0 Å². The third-order valence-electron chi connectivity index (χ3n) is 3.13. The van der Waals surface area contributed by atoms with E-state index in [1.165, 1.54) is 0 Å². The number of benzene rings is 2. The van der Waals surface area contributed by atoms with E-state index in [2.05, 4.69) is 26.0 Å². The van der Waals surface area contributed by atoms with Gasteiger partial charge < -0.3 is 5.32 Å². The summed E-state index contributed by atoms with van der Waals surface area (Å²) < 4.78 is 28.7. The zero-order valence-corrected chi connectivity index (χ0v) is 14.2. The molecule has 0 aromatic heterocycles. The third-order valence-corrected chi connectivity index (χ3v) is 5.22. The maximum absolute atomic E-state index is 12.5. The van der Waals surface area contributed by atoms with E-state index in [4.69, 9.17) is 0 Å². The molecule has 0 saturated carbocycles. The Morgan fingerprint density at radius 2 is 1.81 bits per heavy atom. The van der Waals surface area contributed by atoms with Crippen molar-refractivity contribution in [2.75, 3.05) is 12.4 Å². The molecular weight excluding hydrogens is 352 g/mol. The van der Waals surface area contributed by atoms with Crippen LogP contribution in [-0.2, 0) is 10.0 Å². The molecule has 1 unspecified atom stereocenters. The SMILES string of the molecule is CNc1ccccc1S(=O)(=O)NC(C)c1cccc(Br)c1. The number of sulfonamides is 1. The molecule has 4 nitrogen and oxygen atoms in total. The maximum Gasteiger partial charge on any atom is 0.243 e. The first kappa shape index (κ1) is 16.0. The zero-order valence-electron chi connectivity index (χ0n) is 11.8. The fraction of sp³-hybridized carbons (Fsp3) is 0.200. The van der Waals surface area contributed by atoms with Gasteiger partial charge in [-0.05, 0) is 36.8 Å². The molecule has 0 aliphatic rings. The van der Waals surface area contributed by atoms with Crippen LogP contribution in [0.15, 0.2) is 57.9 Å². The zero-order chi connectivity index (χ0) is 15.5. The van der Waals surface area contributed by atoms with Crippen LogP contribution >= 0.6 is 15.9 Å². The lowest BCUT2D eigenvalue weighted by atomic mass is 10.1. The van der Waals surface area contributed by atoms with Crippen LogP contribution < -0.4 is 10.0 Å². The Morgan fingerprint density at radius 1 is 1.10 bits per heavy atom. The van der Waals surface area contributed by atoms with Crippen molar-refractivity contribution in [3.8, 4) is 0 Å². The highest BCUT2D eigenvalue weighted by molar-refractivity contribution is 9.10. The van der Waals surface area contributed by atoms with E-state index in [9.17, 15) is 8.42 Å². The summed E-state index contributed by atoms with van der Waals surface area (Å²) in [5.41, 5.74) is 1.47. The molecule has 6 heteroatoms. The number of anilines is 1. The molecule has 0 heterocycles. The molecule has 2 aromatic carbocycles. The minimum Gasteiger partial charge on any atom is -0.387 e. The van der Waals surface area contributed by atoms with Crippen molar-refractivity contribution < 1.29 is 8.42 Å². The minimum atomic E-state index is -3.59. The lowest BCUT2D eigenvalue weighted by molar-refractivity contribution is 0.567. The predicted molar refractivity (Wildman–Crippen MR) is 88.9 cm³/mol. The van der Waals surface area contributed by atoms with Gasteiger partial charge in [0.15, 0.2) is 0 Å². The fourth-order valence-corrected chi connectivity index (χ4v) is 3.91. The van der Waals surface area contributed by atoms with Crippen LogP contribution in [0.5, 0.6) is 0 Å². The molecule has 0 fully saturated rings. The summed E-state index contributed by atoms with van der Waals surface area (Å²) in [6, 6.07) is 14.1. The van der Waals surface area contributed by atoms with Gasteiger partial charge in [-0.25, -0.2) is 13.1 Å². The molecule has 0 aliphatic heterocycles. The van der Waals surface area contributed by atoms with Gasteiger partial charge in [0, 0.05) is 17.6 Å².